The zero-order valence-corrected chi connectivity index (χ0v) is 19.4. The summed E-state index contributed by atoms with van der Waals surface area (Å²) < 4.78 is 11.5. The van der Waals surface area contributed by atoms with E-state index in [0.29, 0.717) is 41.1 Å². The van der Waals surface area contributed by atoms with Crippen molar-refractivity contribution in [1.29, 1.82) is 0 Å². The second-order valence-corrected chi connectivity index (χ2v) is 8.75. The Hall–Kier alpha value is -2.32. The topological polar surface area (TPSA) is 157 Å². The van der Waals surface area contributed by atoms with Crippen LogP contribution in [0.2, 0.25) is 0 Å². The van der Waals surface area contributed by atoms with Crippen molar-refractivity contribution in [1.82, 2.24) is 0 Å². The number of carbonyl (C=O) groups is 2. The molecule has 8 heteroatoms. The van der Waals surface area contributed by atoms with Crippen LogP contribution >= 0.6 is 0 Å². The minimum Gasteiger partial charge on any atom is -0.496 e. The van der Waals surface area contributed by atoms with Gasteiger partial charge in [0.25, 0.3) is 0 Å². The fourth-order valence-electron chi connectivity index (χ4n) is 3.52. The summed E-state index contributed by atoms with van der Waals surface area (Å²) in [6.07, 6.45) is 4.39. The van der Waals surface area contributed by atoms with Gasteiger partial charge in [0.1, 0.15) is 11.5 Å². The minimum absolute atomic E-state index is 0.0300. The molecule has 0 saturated heterocycles. The number of carbonyl (C=O) groups excluding carboxylic acids is 2. The molecule has 0 spiro atoms. The minimum atomic E-state index is -0.647. The third-order valence-corrected chi connectivity index (χ3v) is 5.35. The molecule has 1 aromatic rings. The molecule has 3 atom stereocenters. The predicted octanol–water partition coefficient (Wildman–Crippen LogP) is 2.68. The molecule has 8 N–H and O–H groups in total. The first-order valence-corrected chi connectivity index (χ1v) is 11.0. The van der Waals surface area contributed by atoms with Gasteiger partial charge in [0, 0.05) is 36.1 Å². The van der Waals surface area contributed by atoms with Crippen LogP contribution in [0.5, 0.6) is 11.5 Å². The maximum Gasteiger partial charge on any atom is 0.219 e. The molecular formula is C23H40N4O4. The van der Waals surface area contributed by atoms with Crippen LogP contribution in [0, 0.1) is 11.8 Å². The fraction of sp³-hybridized carbons (Fsp3) is 0.652. The molecule has 31 heavy (non-hydrogen) atoms. The van der Waals surface area contributed by atoms with E-state index >= 15 is 0 Å². The molecule has 176 valence electrons. The van der Waals surface area contributed by atoms with Crippen molar-refractivity contribution in [2.75, 3.05) is 13.7 Å². The summed E-state index contributed by atoms with van der Waals surface area (Å²) in [5.74, 6) is 1.18. The first kappa shape index (κ1) is 26.7. The Morgan fingerprint density at radius 2 is 1.39 bits per heavy atom. The number of nitrogens with two attached hydrogens (primary N) is 4. The van der Waals surface area contributed by atoms with Gasteiger partial charge in [-0.2, -0.15) is 0 Å². The highest BCUT2D eigenvalue weighted by atomic mass is 16.5. The van der Waals surface area contributed by atoms with E-state index in [0.717, 1.165) is 12.8 Å². The number of hydrogen-bond donors (Lipinski definition) is 4. The number of methoxy groups -OCH3 is 1. The Labute approximate surface area is 186 Å². The molecule has 1 rings (SSSR count). The molecule has 0 radical (unpaired) electrons. The van der Waals surface area contributed by atoms with Gasteiger partial charge in [0.15, 0.2) is 0 Å². The number of benzene rings is 1. The number of primary amides is 2. The van der Waals surface area contributed by atoms with Gasteiger partial charge in [-0.15, -0.1) is 0 Å². The summed E-state index contributed by atoms with van der Waals surface area (Å²) in [5, 5.41) is 0. The third kappa shape index (κ3) is 9.57. The SMILES string of the molecule is COc1cc(C(N)CC(N)=O)c(OCCC(C)CCCC(C)C)cc1C(N)CC(N)=O. The Morgan fingerprint density at radius 3 is 1.87 bits per heavy atom. The Bertz CT molecular complexity index is 724. The highest BCUT2D eigenvalue weighted by Crippen LogP contribution is 2.36. The monoisotopic (exact) mass is 436 g/mol. The van der Waals surface area contributed by atoms with Crippen LogP contribution in [0.3, 0.4) is 0 Å². The van der Waals surface area contributed by atoms with Crippen LogP contribution in [0.25, 0.3) is 0 Å². The van der Waals surface area contributed by atoms with Crippen LogP contribution in [0.1, 0.15) is 82.5 Å². The molecule has 1 aromatic carbocycles. The second kappa shape index (κ2) is 13.2. The quantitative estimate of drug-likeness (QED) is 0.331. The van der Waals surface area contributed by atoms with Gasteiger partial charge < -0.3 is 32.4 Å². The summed E-state index contributed by atoms with van der Waals surface area (Å²) in [6, 6.07) is 2.13. The third-order valence-electron chi connectivity index (χ3n) is 5.35. The predicted molar refractivity (Wildman–Crippen MR) is 122 cm³/mol. The van der Waals surface area contributed by atoms with Crippen LogP contribution in [-0.4, -0.2) is 25.5 Å². The highest BCUT2D eigenvalue weighted by molar-refractivity contribution is 5.75. The normalized spacial score (nSPS) is 14.2. The van der Waals surface area contributed by atoms with Gasteiger partial charge in [0.2, 0.25) is 11.8 Å². The summed E-state index contributed by atoms with van der Waals surface area (Å²) >= 11 is 0. The molecule has 0 aliphatic carbocycles. The van der Waals surface area contributed by atoms with Crippen molar-refractivity contribution in [3.8, 4) is 11.5 Å². The molecule has 0 aliphatic rings. The highest BCUT2D eigenvalue weighted by Gasteiger charge is 2.22. The standard InChI is InChI=1S/C23H40N4O4/c1-14(2)6-5-7-15(3)8-9-31-21-11-16(18(24)12-22(26)28)20(30-4)10-17(21)19(25)13-23(27)29/h10-11,14-15,18-19H,5-9,12-13,24-25H2,1-4H3,(H2,26,28)(H2,27,29). The zero-order chi connectivity index (χ0) is 23.6. The number of rotatable bonds is 15. The first-order valence-electron chi connectivity index (χ1n) is 11.0. The van der Waals surface area contributed by atoms with Crippen LogP contribution in [0.4, 0.5) is 0 Å². The molecule has 3 unspecified atom stereocenters. The van der Waals surface area contributed by atoms with Crippen LogP contribution in [-0.2, 0) is 9.59 Å². The average Bonchev–Trinajstić information content (AvgIpc) is 2.66. The molecular weight excluding hydrogens is 396 g/mol. The van der Waals surface area contributed by atoms with Gasteiger partial charge in [-0.1, -0.05) is 40.0 Å². The second-order valence-electron chi connectivity index (χ2n) is 8.75. The lowest BCUT2D eigenvalue weighted by atomic mass is 9.96. The van der Waals surface area contributed by atoms with Crippen molar-refractivity contribution in [2.45, 2.75) is 71.4 Å². The lowest BCUT2D eigenvalue weighted by Gasteiger charge is -2.22. The summed E-state index contributed by atoms with van der Waals surface area (Å²) in [7, 11) is 1.50. The molecule has 0 heterocycles. The fourth-order valence-corrected chi connectivity index (χ4v) is 3.52. The van der Waals surface area contributed by atoms with E-state index in [1.165, 1.54) is 20.0 Å². The maximum atomic E-state index is 11.4. The van der Waals surface area contributed by atoms with Gasteiger partial charge in [-0.05, 0) is 30.4 Å². The van der Waals surface area contributed by atoms with Gasteiger partial charge in [-0.25, -0.2) is 0 Å². The maximum absolute atomic E-state index is 11.4. The number of amides is 2. The van der Waals surface area contributed by atoms with E-state index in [9.17, 15) is 9.59 Å². The van der Waals surface area contributed by atoms with Crippen LogP contribution in [0.15, 0.2) is 12.1 Å². The largest absolute Gasteiger partial charge is 0.496 e. The van der Waals surface area contributed by atoms with Crippen molar-refractivity contribution >= 4 is 11.8 Å². The molecule has 2 amide bonds. The smallest absolute Gasteiger partial charge is 0.219 e. The molecule has 0 aliphatic heterocycles. The molecule has 0 fully saturated rings. The van der Waals surface area contributed by atoms with E-state index in [1.54, 1.807) is 12.1 Å². The van der Waals surface area contributed by atoms with Crippen molar-refractivity contribution in [3.05, 3.63) is 23.3 Å². The van der Waals surface area contributed by atoms with E-state index in [1.807, 2.05) is 0 Å². The van der Waals surface area contributed by atoms with E-state index in [2.05, 4.69) is 20.8 Å². The van der Waals surface area contributed by atoms with E-state index in [4.69, 9.17) is 32.4 Å². The van der Waals surface area contributed by atoms with Gasteiger partial charge in [0.05, 0.1) is 13.7 Å². The van der Waals surface area contributed by atoms with Crippen molar-refractivity contribution in [2.24, 2.45) is 34.8 Å². The van der Waals surface area contributed by atoms with Gasteiger partial charge in [-0.3, -0.25) is 9.59 Å². The Kier molecular flexibility index (Phi) is 11.3. The molecule has 0 saturated carbocycles. The zero-order valence-electron chi connectivity index (χ0n) is 19.4. The van der Waals surface area contributed by atoms with E-state index < -0.39 is 23.9 Å². The Balaban J connectivity index is 3.03. The van der Waals surface area contributed by atoms with Crippen LogP contribution < -0.4 is 32.4 Å². The van der Waals surface area contributed by atoms with Crippen molar-refractivity contribution < 1.29 is 19.1 Å². The number of ether oxygens (including phenoxy) is 2. The lowest BCUT2D eigenvalue weighted by molar-refractivity contribution is -0.119. The average molecular weight is 437 g/mol. The molecule has 8 nitrogen and oxygen atoms in total. The van der Waals surface area contributed by atoms with Crippen molar-refractivity contribution in [3.63, 3.8) is 0 Å². The summed E-state index contributed by atoms with van der Waals surface area (Å²) in [4.78, 5) is 22.7. The first-order chi connectivity index (χ1) is 14.5. The summed E-state index contributed by atoms with van der Waals surface area (Å²) in [5.41, 5.74) is 24.2. The molecule has 0 aromatic heterocycles. The number of hydrogen-bond acceptors (Lipinski definition) is 6. The lowest BCUT2D eigenvalue weighted by Crippen LogP contribution is -2.23. The van der Waals surface area contributed by atoms with E-state index in [-0.39, 0.29) is 12.8 Å². The molecule has 0 bridgehead atoms. The van der Waals surface area contributed by atoms with Gasteiger partial charge >= 0.3 is 0 Å². The summed E-state index contributed by atoms with van der Waals surface area (Å²) in [6.45, 7) is 7.17. The Morgan fingerprint density at radius 1 is 0.871 bits per heavy atom.